The second-order valence-corrected chi connectivity index (χ2v) is 7.11. The van der Waals surface area contributed by atoms with Crippen molar-refractivity contribution in [2.45, 2.75) is 84.4 Å². The fraction of sp³-hybridized carbons (Fsp3) is 0.938. The van der Waals surface area contributed by atoms with Crippen molar-refractivity contribution >= 4 is 6.09 Å². The van der Waals surface area contributed by atoms with Gasteiger partial charge in [0.2, 0.25) is 0 Å². The maximum absolute atomic E-state index is 11.7. The minimum atomic E-state index is -0.432. The second-order valence-electron chi connectivity index (χ2n) is 7.11. The van der Waals surface area contributed by atoms with Crippen LogP contribution < -0.4 is 10.6 Å². The number of rotatable bonds is 5. The fourth-order valence-electron chi connectivity index (χ4n) is 2.60. The molecule has 0 aromatic rings. The van der Waals surface area contributed by atoms with Crippen LogP contribution in [0.15, 0.2) is 0 Å². The molecular weight excluding hydrogens is 252 g/mol. The van der Waals surface area contributed by atoms with Crippen LogP contribution in [-0.2, 0) is 4.74 Å². The van der Waals surface area contributed by atoms with Crippen LogP contribution in [0.4, 0.5) is 4.79 Å². The molecule has 0 aromatic heterocycles. The lowest BCUT2D eigenvalue weighted by molar-refractivity contribution is 0.0520. The number of hydrogen-bond acceptors (Lipinski definition) is 3. The van der Waals surface area contributed by atoms with E-state index in [1.165, 1.54) is 25.7 Å². The van der Waals surface area contributed by atoms with Crippen molar-refractivity contribution < 1.29 is 9.53 Å². The van der Waals surface area contributed by atoms with E-state index >= 15 is 0 Å². The molecular formula is C16H32N2O2. The fourth-order valence-corrected chi connectivity index (χ4v) is 2.60. The van der Waals surface area contributed by atoms with Crippen LogP contribution in [-0.4, -0.2) is 30.3 Å². The first-order valence-corrected chi connectivity index (χ1v) is 8.03. The van der Waals surface area contributed by atoms with Gasteiger partial charge < -0.3 is 15.4 Å². The van der Waals surface area contributed by atoms with Gasteiger partial charge in [0, 0.05) is 18.6 Å². The number of ether oxygens (including phenoxy) is 1. The highest BCUT2D eigenvalue weighted by Crippen LogP contribution is 2.23. The summed E-state index contributed by atoms with van der Waals surface area (Å²) in [5.41, 5.74) is -0.432. The van der Waals surface area contributed by atoms with Crippen LogP contribution >= 0.6 is 0 Å². The largest absolute Gasteiger partial charge is 0.444 e. The van der Waals surface area contributed by atoms with Gasteiger partial charge in [-0.05, 0) is 58.8 Å². The molecule has 0 saturated heterocycles. The lowest BCUT2D eigenvalue weighted by Crippen LogP contribution is -2.47. The smallest absolute Gasteiger partial charge is 0.407 e. The minimum Gasteiger partial charge on any atom is -0.444 e. The van der Waals surface area contributed by atoms with Gasteiger partial charge in [-0.1, -0.05) is 13.8 Å². The zero-order chi connectivity index (χ0) is 15.2. The van der Waals surface area contributed by atoms with Crippen molar-refractivity contribution in [3.8, 4) is 0 Å². The molecule has 1 unspecified atom stereocenters. The number of alkyl carbamates (subject to hydrolysis) is 1. The van der Waals surface area contributed by atoms with Crippen molar-refractivity contribution in [2.24, 2.45) is 5.92 Å². The first-order valence-electron chi connectivity index (χ1n) is 8.03. The van der Waals surface area contributed by atoms with Crippen molar-refractivity contribution in [3.63, 3.8) is 0 Å². The first kappa shape index (κ1) is 17.3. The molecule has 0 heterocycles. The van der Waals surface area contributed by atoms with Gasteiger partial charge in [-0.2, -0.15) is 0 Å². The molecule has 0 aromatic carbocycles. The molecule has 0 spiro atoms. The molecule has 4 nitrogen and oxygen atoms in total. The zero-order valence-electron chi connectivity index (χ0n) is 13.8. The summed E-state index contributed by atoms with van der Waals surface area (Å²) in [6.07, 6.45) is 5.83. The Morgan fingerprint density at radius 3 is 2.35 bits per heavy atom. The van der Waals surface area contributed by atoms with E-state index in [9.17, 15) is 4.79 Å². The third kappa shape index (κ3) is 7.13. The summed E-state index contributed by atoms with van der Waals surface area (Å²) < 4.78 is 5.26. The normalized spacial score (nSPS) is 25.1. The predicted octanol–water partition coefficient (Wildman–Crippen LogP) is 3.46. The van der Waals surface area contributed by atoms with E-state index in [1.807, 2.05) is 20.8 Å². The van der Waals surface area contributed by atoms with Crippen LogP contribution in [0.2, 0.25) is 0 Å². The van der Waals surface area contributed by atoms with Crippen LogP contribution in [0, 0.1) is 5.92 Å². The van der Waals surface area contributed by atoms with E-state index in [0.29, 0.717) is 18.6 Å². The van der Waals surface area contributed by atoms with Crippen LogP contribution in [0.25, 0.3) is 0 Å². The SMILES string of the molecule is CCC(CNC(=O)OC(C)(C)C)NC1CCC(C)CC1. The Hall–Kier alpha value is -0.770. The number of hydrogen-bond donors (Lipinski definition) is 2. The molecule has 1 atom stereocenters. The van der Waals surface area contributed by atoms with Crippen LogP contribution in [0.5, 0.6) is 0 Å². The molecule has 1 fully saturated rings. The van der Waals surface area contributed by atoms with E-state index in [4.69, 9.17) is 4.74 Å². The van der Waals surface area contributed by atoms with Crippen LogP contribution in [0.1, 0.15) is 66.7 Å². The summed E-state index contributed by atoms with van der Waals surface area (Å²) >= 11 is 0. The van der Waals surface area contributed by atoms with E-state index in [-0.39, 0.29) is 6.09 Å². The summed E-state index contributed by atoms with van der Waals surface area (Å²) in [7, 11) is 0. The van der Waals surface area contributed by atoms with Gasteiger partial charge in [0.15, 0.2) is 0 Å². The summed E-state index contributed by atoms with van der Waals surface area (Å²) in [6.45, 7) is 10.8. The minimum absolute atomic E-state index is 0.324. The summed E-state index contributed by atoms with van der Waals surface area (Å²) in [5.74, 6) is 0.869. The van der Waals surface area contributed by atoms with Crippen molar-refractivity contribution in [2.75, 3.05) is 6.54 Å². The van der Waals surface area contributed by atoms with Gasteiger partial charge in [0.1, 0.15) is 5.60 Å². The van der Waals surface area contributed by atoms with Crippen LogP contribution in [0.3, 0.4) is 0 Å². The molecule has 118 valence electrons. The highest BCUT2D eigenvalue weighted by atomic mass is 16.6. The number of carbonyl (C=O) groups excluding carboxylic acids is 1. The molecule has 0 radical (unpaired) electrons. The number of carbonyl (C=O) groups is 1. The topological polar surface area (TPSA) is 50.4 Å². The van der Waals surface area contributed by atoms with Gasteiger partial charge in [-0.3, -0.25) is 0 Å². The lowest BCUT2D eigenvalue weighted by atomic mass is 9.87. The molecule has 1 saturated carbocycles. The molecule has 20 heavy (non-hydrogen) atoms. The Bertz CT molecular complexity index is 291. The first-order chi connectivity index (χ1) is 9.30. The van der Waals surface area contributed by atoms with E-state index < -0.39 is 5.60 Å². The summed E-state index contributed by atoms with van der Waals surface area (Å²) in [4.78, 5) is 11.7. The Balaban J connectivity index is 2.27. The number of nitrogens with one attached hydrogen (secondary N) is 2. The van der Waals surface area contributed by atoms with E-state index in [1.54, 1.807) is 0 Å². The average molecular weight is 284 g/mol. The third-order valence-electron chi connectivity index (χ3n) is 3.87. The van der Waals surface area contributed by atoms with Gasteiger partial charge >= 0.3 is 6.09 Å². The molecule has 1 aliphatic carbocycles. The van der Waals surface area contributed by atoms with Gasteiger partial charge in [-0.25, -0.2) is 4.79 Å². The predicted molar refractivity (Wildman–Crippen MR) is 82.9 cm³/mol. The second kappa shape index (κ2) is 7.87. The van der Waals surface area contributed by atoms with E-state index in [2.05, 4.69) is 24.5 Å². The van der Waals surface area contributed by atoms with Crippen molar-refractivity contribution in [1.82, 2.24) is 10.6 Å². The Kier molecular flexibility index (Phi) is 6.80. The molecule has 4 heteroatoms. The Morgan fingerprint density at radius 2 is 1.85 bits per heavy atom. The monoisotopic (exact) mass is 284 g/mol. The standard InChI is InChI=1S/C16H32N2O2/c1-6-13(11-17-15(19)20-16(3,4)5)18-14-9-7-12(2)8-10-14/h12-14,18H,6-11H2,1-5H3,(H,17,19). The Morgan fingerprint density at radius 1 is 1.25 bits per heavy atom. The molecule has 0 bridgehead atoms. The van der Waals surface area contributed by atoms with Gasteiger partial charge in [-0.15, -0.1) is 0 Å². The maximum atomic E-state index is 11.7. The Labute approximate surface area is 124 Å². The number of amides is 1. The molecule has 2 N–H and O–H groups in total. The summed E-state index contributed by atoms with van der Waals surface area (Å²) in [5, 5.41) is 6.54. The lowest BCUT2D eigenvalue weighted by Gasteiger charge is -2.31. The third-order valence-corrected chi connectivity index (χ3v) is 3.87. The average Bonchev–Trinajstić information content (AvgIpc) is 2.34. The van der Waals surface area contributed by atoms with E-state index in [0.717, 1.165) is 12.3 Å². The van der Waals surface area contributed by atoms with Gasteiger partial charge in [0.05, 0.1) is 0 Å². The molecule has 1 rings (SSSR count). The zero-order valence-corrected chi connectivity index (χ0v) is 13.8. The van der Waals surface area contributed by atoms with Crippen molar-refractivity contribution in [1.29, 1.82) is 0 Å². The maximum Gasteiger partial charge on any atom is 0.407 e. The highest BCUT2D eigenvalue weighted by molar-refractivity contribution is 5.67. The molecule has 0 aliphatic heterocycles. The van der Waals surface area contributed by atoms with Gasteiger partial charge in [0.25, 0.3) is 0 Å². The van der Waals surface area contributed by atoms with Crippen molar-refractivity contribution in [3.05, 3.63) is 0 Å². The quantitative estimate of drug-likeness (QED) is 0.813. The summed E-state index contributed by atoms with van der Waals surface area (Å²) in [6, 6.07) is 0.942. The molecule has 1 aliphatic rings. The molecule has 1 amide bonds. The highest BCUT2D eigenvalue weighted by Gasteiger charge is 2.21.